The van der Waals surface area contributed by atoms with E-state index in [9.17, 15) is 18.8 Å². The molecule has 1 fully saturated rings. The van der Waals surface area contributed by atoms with Crippen LogP contribution in [0.15, 0.2) is 72.8 Å². The van der Waals surface area contributed by atoms with Gasteiger partial charge in [-0.25, -0.2) is 14.1 Å². The summed E-state index contributed by atoms with van der Waals surface area (Å²) in [4.78, 5) is 41.4. The predicted octanol–water partition coefficient (Wildman–Crippen LogP) is 3.93. The van der Waals surface area contributed by atoms with Crippen molar-refractivity contribution in [3.63, 3.8) is 0 Å². The Bertz CT molecular complexity index is 1340. The van der Waals surface area contributed by atoms with Crippen molar-refractivity contribution in [2.24, 2.45) is 0 Å². The third-order valence-electron chi connectivity index (χ3n) is 6.64. The molecule has 0 spiro atoms. The highest BCUT2D eigenvalue weighted by Gasteiger charge is 2.47. The Labute approximate surface area is 231 Å². The van der Waals surface area contributed by atoms with Crippen molar-refractivity contribution in [3.05, 3.63) is 95.3 Å². The van der Waals surface area contributed by atoms with Crippen molar-refractivity contribution < 1.29 is 33.4 Å². The summed E-state index contributed by atoms with van der Waals surface area (Å²) < 4.78 is 25.3. The Morgan fingerprint density at radius 3 is 2.45 bits per heavy atom. The molecular weight excluding hydrogens is 517 g/mol. The maximum absolute atomic E-state index is 14.6. The average Bonchev–Trinajstić information content (AvgIpc) is 3.24. The number of carbonyl (C=O) groups is 3. The molecule has 0 bridgehead atoms. The number of halogens is 1. The van der Waals surface area contributed by atoms with Crippen LogP contribution in [0, 0.1) is 12.7 Å². The second-order valence-electron chi connectivity index (χ2n) is 9.46. The Balaban J connectivity index is 1.55. The van der Waals surface area contributed by atoms with Crippen molar-refractivity contribution in [2.45, 2.75) is 31.8 Å². The molecule has 4 amide bonds. The molecule has 0 saturated carbocycles. The van der Waals surface area contributed by atoms with Gasteiger partial charge in [0.05, 0.1) is 25.5 Å². The third-order valence-corrected chi connectivity index (χ3v) is 6.64. The van der Waals surface area contributed by atoms with Crippen LogP contribution in [0.1, 0.15) is 35.6 Å². The monoisotopic (exact) mass is 549 g/mol. The summed E-state index contributed by atoms with van der Waals surface area (Å²) in [7, 11) is 0. The fourth-order valence-corrected chi connectivity index (χ4v) is 4.56. The number of carbonyl (C=O) groups excluding carboxylic acids is 3. The van der Waals surface area contributed by atoms with E-state index in [1.807, 2.05) is 6.07 Å². The Kier molecular flexibility index (Phi) is 9.47. The third kappa shape index (κ3) is 6.64. The number of imide groups is 1. The van der Waals surface area contributed by atoms with Crippen molar-refractivity contribution >= 4 is 23.5 Å². The molecule has 1 heterocycles. The number of aryl methyl sites for hydroxylation is 1. The molecule has 3 aromatic rings. The van der Waals surface area contributed by atoms with Gasteiger partial charge < -0.3 is 25.2 Å². The number of hydrogen-bond donors (Lipinski definition) is 3. The van der Waals surface area contributed by atoms with Gasteiger partial charge in [-0.15, -0.1) is 0 Å². The van der Waals surface area contributed by atoms with Gasteiger partial charge in [-0.3, -0.25) is 9.59 Å². The van der Waals surface area contributed by atoms with Crippen molar-refractivity contribution in [1.82, 2.24) is 10.2 Å². The zero-order chi connectivity index (χ0) is 28.6. The van der Waals surface area contributed by atoms with Gasteiger partial charge in [0.25, 0.3) is 5.91 Å². The van der Waals surface area contributed by atoms with E-state index >= 15 is 0 Å². The minimum absolute atomic E-state index is 0.0400. The lowest BCUT2D eigenvalue weighted by Crippen LogP contribution is -2.50. The second kappa shape index (κ2) is 13.2. The molecule has 4 rings (SSSR count). The molecule has 1 saturated heterocycles. The number of rotatable bonds is 12. The summed E-state index contributed by atoms with van der Waals surface area (Å²) in [6, 6.07) is 17.1. The van der Waals surface area contributed by atoms with E-state index in [0.29, 0.717) is 23.5 Å². The van der Waals surface area contributed by atoms with Crippen LogP contribution >= 0.6 is 0 Å². The first kappa shape index (κ1) is 28.7. The van der Waals surface area contributed by atoms with Crippen LogP contribution in [0.5, 0.6) is 5.75 Å². The highest BCUT2D eigenvalue weighted by atomic mass is 19.1. The summed E-state index contributed by atoms with van der Waals surface area (Å²) in [6.45, 7) is 4.22. The topological polar surface area (TPSA) is 117 Å². The highest BCUT2D eigenvalue weighted by Crippen LogP contribution is 2.32. The fraction of sp³-hybridized carbons (Fsp3) is 0.300. The molecule has 210 valence electrons. The number of benzene rings is 3. The molecule has 0 aromatic heterocycles. The quantitative estimate of drug-likeness (QED) is 0.233. The molecule has 1 aliphatic heterocycles. The van der Waals surface area contributed by atoms with Gasteiger partial charge in [0.2, 0.25) is 5.91 Å². The summed E-state index contributed by atoms with van der Waals surface area (Å²) in [5.74, 6) is -1.94. The Morgan fingerprint density at radius 1 is 1.05 bits per heavy atom. The molecule has 3 atom stereocenters. The Hall–Kier alpha value is -4.28. The largest absolute Gasteiger partial charge is 0.491 e. The van der Waals surface area contributed by atoms with Crippen molar-refractivity contribution in [3.8, 4) is 5.75 Å². The van der Waals surface area contributed by atoms with Gasteiger partial charge in [-0.2, -0.15) is 0 Å². The second-order valence-corrected chi connectivity index (χ2v) is 9.46. The van der Waals surface area contributed by atoms with E-state index in [-0.39, 0.29) is 25.5 Å². The van der Waals surface area contributed by atoms with E-state index in [0.717, 1.165) is 10.5 Å². The van der Waals surface area contributed by atoms with Crippen LogP contribution in [0.25, 0.3) is 0 Å². The van der Waals surface area contributed by atoms with Crippen LogP contribution in [0.4, 0.5) is 14.9 Å². The van der Waals surface area contributed by atoms with E-state index < -0.39 is 41.7 Å². The van der Waals surface area contributed by atoms with Crippen LogP contribution in [-0.2, 0) is 14.3 Å². The number of amides is 4. The molecule has 3 aromatic carbocycles. The summed E-state index contributed by atoms with van der Waals surface area (Å²) >= 11 is 0. The van der Waals surface area contributed by atoms with Gasteiger partial charge in [0, 0.05) is 5.92 Å². The molecule has 3 N–H and O–H groups in total. The van der Waals surface area contributed by atoms with Gasteiger partial charge >= 0.3 is 6.03 Å². The number of hydrogen-bond acceptors (Lipinski definition) is 6. The van der Waals surface area contributed by atoms with Crippen LogP contribution < -0.4 is 15.4 Å². The lowest BCUT2D eigenvalue weighted by molar-refractivity contribution is -0.134. The molecule has 9 nitrogen and oxygen atoms in total. The zero-order valence-corrected chi connectivity index (χ0v) is 22.3. The molecule has 40 heavy (non-hydrogen) atoms. The summed E-state index contributed by atoms with van der Waals surface area (Å²) in [5.41, 5.74) is 1.90. The van der Waals surface area contributed by atoms with Crippen LogP contribution in [-0.4, -0.2) is 60.3 Å². The lowest BCUT2D eigenvalue weighted by atomic mass is 9.91. The molecule has 0 aliphatic carbocycles. The van der Waals surface area contributed by atoms with Gasteiger partial charge in [-0.05, 0) is 47.9 Å². The summed E-state index contributed by atoms with van der Waals surface area (Å²) in [6.07, 6.45) is 0. The first-order valence-electron chi connectivity index (χ1n) is 13.0. The van der Waals surface area contributed by atoms with Crippen LogP contribution in [0.3, 0.4) is 0 Å². The van der Waals surface area contributed by atoms with Gasteiger partial charge in [0.15, 0.2) is 0 Å². The minimum Gasteiger partial charge on any atom is -0.491 e. The van der Waals surface area contributed by atoms with Gasteiger partial charge in [0.1, 0.15) is 30.3 Å². The van der Waals surface area contributed by atoms with E-state index in [1.165, 1.54) is 12.1 Å². The standard InChI is InChI=1S/C30H32FN3O6/c1-19-8-13-25(24(31)18-19)32-28(36)27(20(2)21-6-4-3-5-7-21)34-29(37)26(33-30(34)38)22-9-11-23(12-10-22)40-17-16-39-15-14-35/h3-13,18,20,26-27,35H,14-17H2,1-2H3,(H,32,36)(H,33,38)/t20?,26-,27?/m1/s1. The molecule has 0 radical (unpaired) electrons. The first-order chi connectivity index (χ1) is 19.3. The van der Waals surface area contributed by atoms with Crippen molar-refractivity contribution in [1.29, 1.82) is 0 Å². The zero-order valence-electron chi connectivity index (χ0n) is 22.3. The van der Waals surface area contributed by atoms with Gasteiger partial charge in [-0.1, -0.05) is 55.5 Å². The summed E-state index contributed by atoms with van der Waals surface area (Å²) in [5, 5.41) is 14.0. The molecule has 10 heteroatoms. The normalized spacial score (nSPS) is 16.4. The van der Waals surface area contributed by atoms with E-state index in [2.05, 4.69) is 10.6 Å². The predicted molar refractivity (Wildman–Crippen MR) is 146 cm³/mol. The maximum atomic E-state index is 14.6. The maximum Gasteiger partial charge on any atom is 0.325 e. The van der Waals surface area contributed by atoms with Crippen molar-refractivity contribution in [2.75, 3.05) is 31.7 Å². The molecule has 1 aliphatic rings. The number of aliphatic hydroxyl groups excluding tert-OH is 1. The highest BCUT2D eigenvalue weighted by molar-refractivity contribution is 6.10. The van der Waals surface area contributed by atoms with E-state index in [4.69, 9.17) is 14.6 Å². The molecule has 2 unspecified atom stereocenters. The van der Waals surface area contributed by atoms with Crippen LogP contribution in [0.2, 0.25) is 0 Å². The lowest BCUT2D eigenvalue weighted by Gasteiger charge is -2.30. The number of aliphatic hydroxyl groups is 1. The molecular formula is C30H32FN3O6. The minimum atomic E-state index is -1.25. The van der Waals surface area contributed by atoms with E-state index in [1.54, 1.807) is 68.4 Å². The SMILES string of the molecule is Cc1ccc(NC(=O)C(C(C)c2ccccc2)N2C(=O)N[C@H](c3ccc(OCCOCCO)cc3)C2=O)c(F)c1. The number of anilines is 1. The Morgan fingerprint density at radius 2 is 1.77 bits per heavy atom. The number of nitrogens with zero attached hydrogens (tertiary/aromatic N) is 1. The first-order valence-corrected chi connectivity index (χ1v) is 13.0. The number of ether oxygens (including phenoxy) is 2. The fourth-order valence-electron chi connectivity index (χ4n) is 4.56. The average molecular weight is 550 g/mol. The number of nitrogens with one attached hydrogen (secondary N) is 2. The number of urea groups is 1. The smallest absolute Gasteiger partial charge is 0.325 e.